The summed E-state index contributed by atoms with van der Waals surface area (Å²) in [4.78, 5) is 25.0. The van der Waals surface area contributed by atoms with Gasteiger partial charge in [-0.2, -0.15) is 0 Å². The largest absolute Gasteiger partial charge is 0.371 e. The van der Waals surface area contributed by atoms with Crippen LogP contribution in [0.25, 0.3) is 10.4 Å². The van der Waals surface area contributed by atoms with Crippen molar-refractivity contribution in [3.63, 3.8) is 0 Å². The van der Waals surface area contributed by atoms with Crippen LogP contribution in [0.1, 0.15) is 43.8 Å². The molecule has 0 radical (unpaired) electrons. The molecule has 0 aliphatic carbocycles. The first-order valence-electron chi connectivity index (χ1n) is 10.0. The van der Waals surface area contributed by atoms with Crippen LogP contribution in [0.3, 0.4) is 0 Å². The number of pyridine rings is 1. The van der Waals surface area contributed by atoms with Gasteiger partial charge in [0.2, 0.25) is 5.91 Å². The minimum Gasteiger partial charge on any atom is -0.371 e. The van der Waals surface area contributed by atoms with Gasteiger partial charge in [-0.05, 0) is 44.4 Å². The molecule has 28 heavy (non-hydrogen) atoms. The summed E-state index contributed by atoms with van der Waals surface area (Å²) in [6.45, 7) is 10.1. The molecule has 0 saturated carbocycles. The van der Waals surface area contributed by atoms with Gasteiger partial charge in [-0.25, -0.2) is 4.98 Å². The van der Waals surface area contributed by atoms with Crippen molar-refractivity contribution in [1.82, 2.24) is 15.3 Å². The van der Waals surface area contributed by atoms with Gasteiger partial charge >= 0.3 is 0 Å². The molecular formula is C21H28N4O2S. The Morgan fingerprint density at radius 1 is 1.21 bits per heavy atom. The number of thiazole rings is 1. The van der Waals surface area contributed by atoms with Gasteiger partial charge in [0.1, 0.15) is 0 Å². The Labute approximate surface area is 170 Å². The molecule has 2 fully saturated rings. The van der Waals surface area contributed by atoms with Crippen LogP contribution in [-0.2, 0) is 16.1 Å². The molecule has 2 aromatic heterocycles. The van der Waals surface area contributed by atoms with Crippen LogP contribution in [0.5, 0.6) is 0 Å². The van der Waals surface area contributed by atoms with Crippen LogP contribution >= 0.6 is 11.3 Å². The fourth-order valence-electron chi connectivity index (χ4n) is 3.93. The van der Waals surface area contributed by atoms with E-state index in [0.29, 0.717) is 18.8 Å². The van der Waals surface area contributed by atoms with E-state index >= 15 is 0 Å². The number of nitrogens with one attached hydrogen (secondary N) is 1. The number of carbonyl (C=O) groups excluding carboxylic acids is 1. The molecule has 2 aromatic rings. The fourth-order valence-corrected chi connectivity index (χ4v) is 5.02. The number of ether oxygens (including phenoxy) is 1. The number of hydrogen-bond acceptors (Lipinski definition) is 6. The number of carbonyl (C=O) groups is 1. The van der Waals surface area contributed by atoms with Crippen LogP contribution in [0.2, 0.25) is 0 Å². The summed E-state index contributed by atoms with van der Waals surface area (Å²) in [6, 6.07) is 4.20. The molecule has 2 saturated heterocycles. The van der Waals surface area contributed by atoms with Gasteiger partial charge < -0.3 is 15.0 Å². The van der Waals surface area contributed by atoms with E-state index in [-0.39, 0.29) is 11.8 Å². The first kappa shape index (κ1) is 19.3. The van der Waals surface area contributed by atoms with Crippen molar-refractivity contribution >= 4 is 22.4 Å². The van der Waals surface area contributed by atoms with Gasteiger partial charge in [0.05, 0.1) is 29.3 Å². The van der Waals surface area contributed by atoms with Crippen LogP contribution in [-0.4, -0.2) is 41.2 Å². The Kier molecular flexibility index (Phi) is 5.38. The van der Waals surface area contributed by atoms with Crippen LogP contribution in [0, 0.1) is 19.8 Å². The highest BCUT2D eigenvalue weighted by Gasteiger charge is 2.35. The average molecular weight is 401 g/mol. The lowest BCUT2D eigenvalue weighted by Gasteiger charge is -2.31. The number of aromatic nitrogens is 2. The molecule has 6 nitrogen and oxygen atoms in total. The number of aryl methyl sites for hydroxylation is 2. The molecule has 4 rings (SSSR count). The summed E-state index contributed by atoms with van der Waals surface area (Å²) in [5, 5.41) is 4.05. The smallest absolute Gasteiger partial charge is 0.222 e. The Balaban J connectivity index is 1.66. The summed E-state index contributed by atoms with van der Waals surface area (Å²) in [5.74, 6) is 0.00819. The van der Waals surface area contributed by atoms with E-state index in [1.54, 1.807) is 11.3 Å². The minimum absolute atomic E-state index is 0.0400. The van der Waals surface area contributed by atoms with Gasteiger partial charge in [0.25, 0.3) is 0 Å². The lowest BCUT2D eigenvalue weighted by Crippen LogP contribution is -2.42. The monoisotopic (exact) mass is 400 g/mol. The zero-order valence-corrected chi connectivity index (χ0v) is 17.8. The second-order valence-electron chi connectivity index (χ2n) is 8.15. The number of rotatable bonds is 5. The molecule has 2 atom stereocenters. The van der Waals surface area contributed by atoms with Crippen LogP contribution < -0.4 is 10.2 Å². The number of nitrogens with zero attached hydrogens (tertiary/aromatic N) is 3. The minimum atomic E-state index is -0.0400. The maximum atomic E-state index is 12.1. The number of morpholine rings is 1. The lowest BCUT2D eigenvalue weighted by molar-refractivity contribution is -0.124. The lowest BCUT2D eigenvalue weighted by atomic mass is 10.1. The Hall–Kier alpha value is -1.99. The molecule has 7 heteroatoms. The zero-order chi connectivity index (χ0) is 19.8. The average Bonchev–Trinajstić information content (AvgIpc) is 3.21. The van der Waals surface area contributed by atoms with Gasteiger partial charge in [0, 0.05) is 30.4 Å². The van der Waals surface area contributed by atoms with E-state index in [1.807, 2.05) is 27.7 Å². The van der Waals surface area contributed by atoms with Crippen molar-refractivity contribution in [3.05, 3.63) is 29.2 Å². The number of fused-ring (bicyclic) bond motifs is 2. The molecule has 1 amide bonds. The maximum Gasteiger partial charge on any atom is 0.222 e. The van der Waals surface area contributed by atoms with Gasteiger partial charge in [-0.1, -0.05) is 25.2 Å². The van der Waals surface area contributed by atoms with Gasteiger partial charge in [0.15, 0.2) is 5.13 Å². The Morgan fingerprint density at radius 2 is 1.86 bits per heavy atom. The molecule has 0 aromatic carbocycles. The first-order chi connectivity index (χ1) is 13.4. The predicted molar refractivity (Wildman–Crippen MR) is 112 cm³/mol. The van der Waals surface area contributed by atoms with Crippen molar-refractivity contribution in [1.29, 1.82) is 0 Å². The highest BCUT2D eigenvalue weighted by atomic mass is 32.1. The van der Waals surface area contributed by atoms with Crippen LogP contribution in [0.4, 0.5) is 5.13 Å². The molecular weight excluding hydrogens is 372 g/mol. The maximum absolute atomic E-state index is 12.1. The van der Waals surface area contributed by atoms with Gasteiger partial charge in [-0.3, -0.25) is 9.78 Å². The highest BCUT2D eigenvalue weighted by Crippen LogP contribution is 2.38. The molecule has 2 aliphatic rings. The summed E-state index contributed by atoms with van der Waals surface area (Å²) < 4.78 is 5.98. The highest BCUT2D eigenvalue weighted by molar-refractivity contribution is 7.19. The summed E-state index contributed by atoms with van der Waals surface area (Å²) in [7, 11) is 0. The summed E-state index contributed by atoms with van der Waals surface area (Å²) >= 11 is 1.71. The van der Waals surface area contributed by atoms with Crippen molar-refractivity contribution < 1.29 is 9.53 Å². The zero-order valence-electron chi connectivity index (χ0n) is 17.0. The van der Waals surface area contributed by atoms with Crippen molar-refractivity contribution in [3.8, 4) is 10.4 Å². The fraction of sp³-hybridized carbons (Fsp3) is 0.571. The summed E-state index contributed by atoms with van der Waals surface area (Å²) in [6.07, 6.45) is 2.92. The van der Waals surface area contributed by atoms with Crippen molar-refractivity contribution in [2.24, 2.45) is 5.92 Å². The molecule has 0 spiro atoms. The molecule has 1 N–H and O–H groups in total. The molecule has 2 unspecified atom stereocenters. The number of hydrogen-bond donors (Lipinski definition) is 1. The SMILES string of the molecule is Cc1cc(-c2sc(N3CC4CCC(C3)O4)nc2CNC(=O)C(C)C)cc(C)n1. The van der Waals surface area contributed by atoms with E-state index < -0.39 is 0 Å². The third-order valence-corrected chi connectivity index (χ3v) is 6.51. The van der Waals surface area contributed by atoms with E-state index in [4.69, 9.17) is 9.72 Å². The molecule has 2 aliphatic heterocycles. The van der Waals surface area contributed by atoms with E-state index in [2.05, 4.69) is 27.3 Å². The third kappa shape index (κ3) is 4.05. The standard InChI is InChI=1S/C21H28N4O2S/c1-12(2)20(26)22-9-18-19(15-7-13(3)23-14(4)8-15)28-21(24-18)25-10-16-5-6-17(11-25)27-16/h7-8,12,16-17H,5-6,9-11H2,1-4H3,(H,22,26). The molecule has 2 bridgehead atoms. The molecule has 150 valence electrons. The molecule has 4 heterocycles. The van der Waals surface area contributed by atoms with E-state index in [9.17, 15) is 4.79 Å². The number of amides is 1. The van der Waals surface area contributed by atoms with E-state index in [0.717, 1.165) is 58.6 Å². The second-order valence-corrected chi connectivity index (χ2v) is 9.12. The topological polar surface area (TPSA) is 67.3 Å². The normalized spacial score (nSPS) is 21.4. The third-order valence-electron chi connectivity index (χ3n) is 5.30. The predicted octanol–water partition coefficient (Wildman–Crippen LogP) is 3.46. The Morgan fingerprint density at radius 3 is 2.46 bits per heavy atom. The second kappa shape index (κ2) is 7.79. The first-order valence-corrected chi connectivity index (χ1v) is 10.8. The Bertz CT molecular complexity index is 847. The van der Waals surface area contributed by atoms with Crippen molar-refractivity contribution in [2.75, 3.05) is 18.0 Å². The quantitative estimate of drug-likeness (QED) is 0.832. The summed E-state index contributed by atoms with van der Waals surface area (Å²) in [5.41, 5.74) is 4.04. The van der Waals surface area contributed by atoms with Crippen LogP contribution in [0.15, 0.2) is 12.1 Å². The van der Waals surface area contributed by atoms with Gasteiger partial charge in [-0.15, -0.1) is 0 Å². The van der Waals surface area contributed by atoms with Crippen molar-refractivity contribution in [2.45, 2.75) is 59.3 Å². The van der Waals surface area contributed by atoms with E-state index in [1.165, 1.54) is 0 Å². The number of anilines is 1.